The first-order valence-corrected chi connectivity index (χ1v) is 12.5. The van der Waals surface area contributed by atoms with E-state index >= 15 is 0 Å². The third kappa shape index (κ3) is 4.67. The number of thiophene rings is 1. The minimum atomic E-state index is -3.74. The topological polar surface area (TPSA) is 105 Å². The molecule has 1 fully saturated rings. The molecule has 1 atom stereocenters. The molecule has 3 heterocycles. The standard InChI is InChI=1S/C20H21ClN4O4S2/c1-2-17-23-19(24-29-17)14-10-18(30-12-14)31(27,28)25-9-5-6-13(11-25)20(26)22-16-8-4-3-7-15(16)21/h3-4,7-8,10,12-13H,2,5-6,9,11H2,1H3,(H,22,26)/t13-/m0/s1. The molecule has 0 aliphatic carbocycles. The van der Waals surface area contributed by atoms with Crippen LogP contribution in [0.4, 0.5) is 5.69 Å². The lowest BCUT2D eigenvalue weighted by Gasteiger charge is -2.30. The first-order chi connectivity index (χ1) is 14.9. The van der Waals surface area contributed by atoms with E-state index in [1.54, 1.807) is 35.7 Å². The number of aromatic nitrogens is 2. The number of piperidine rings is 1. The second-order valence-electron chi connectivity index (χ2n) is 7.19. The van der Waals surface area contributed by atoms with Crippen molar-refractivity contribution >= 4 is 44.6 Å². The van der Waals surface area contributed by atoms with Crippen LogP contribution in [0.15, 0.2) is 44.4 Å². The fourth-order valence-electron chi connectivity index (χ4n) is 3.38. The van der Waals surface area contributed by atoms with Gasteiger partial charge in [0.05, 0.1) is 16.6 Å². The second kappa shape index (κ2) is 9.07. The number of para-hydroxylation sites is 1. The predicted octanol–water partition coefficient (Wildman–Crippen LogP) is 4.05. The van der Waals surface area contributed by atoms with Gasteiger partial charge in [-0.05, 0) is 31.0 Å². The van der Waals surface area contributed by atoms with Crippen LogP contribution >= 0.6 is 22.9 Å². The Morgan fingerprint density at radius 2 is 2.19 bits per heavy atom. The SMILES string of the molecule is CCc1nc(-c2csc(S(=O)(=O)N3CCC[C@H](C(=O)Nc4ccccc4Cl)C3)c2)no1. The molecule has 0 radical (unpaired) electrons. The van der Waals surface area contributed by atoms with Crippen molar-refractivity contribution in [2.24, 2.45) is 5.92 Å². The predicted molar refractivity (Wildman–Crippen MR) is 119 cm³/mol. The fraction of sp³-hybridized carbons (Fsp3) is 0.350. The summed E-state index contributed by atoms with van der Waals surface area (Å²) in [6.45, 7) is 2.39. The number of hydrogen-bond acceptors (Lipinski definition) is 7. The molecule has 164 valence electrons. The van der Waals surface area contributed by atoms with Gasteiger partial charge in [-0.3, -0.25) is 4.79 Å². The quantitative estimate of drug-likeness (QED) is 0.570. The van der Waals surface area contributed by atoms with Crippen LogP contribution in [0.25, 0.3) is 11.4 Å². The molecule has 31 heavy (non-hydrogen) atoms. The Hall–Kier alpha value is -2.27. The number of sulfonamides is 1. The molecule has 0 bridgehead atoms. The largest absolute Gasteiger partial charge is 0.339 e. The summed E-state index contributed by atoms with van der Waals surface area (Å²) in [5, 5.41) is 8.84. The van der Waals surface area contributed by atoms with Crippen molar-refractivity contribution in [3.8, 4) is 11.4 Å². The van der Waals surface area contributed by atoms with E-state index in [-0.39, 0.29) is 16.7 Å². The molecule has 1 amide bonds. The van der Waals surface area contributed by atoms with E-state index in [2.05, 4.69) is 15.5 Å². The fourth-order valence-corrected chi connectivity index (χ4v) is 6.40. The van der Waals surface area contributed by atoms with Crippen LogP contribution in [0.2, 0.25) is 5.02 Å². The summed E-state index contributed by atoms with van der Waals surface area (Å²) in [4.78, 5) is 17.0. The van der Waals surface area contributed by atoms with Crippen LogP contribution in [0.1, 0.15) is 25.7 Å². The van der Waals surface area contributed by atoms with Crippen LogP contribution in [-0.4, -0.2) is 41.9 Å². The molecular formula is C20H21ClN4O4S2. The van der Waals surface area contributed by atoms with Gasteiger partial charge in [-0.1, -0.05) is 35.8 Å². The van der Waals surface area contributed by atoms with Gasteiger partial charge in [0, 0.05) is 30.5 Å². The van der Waals surface area contributed by atoms with Crippen LogP contribution in [-0.2, 0) is 21.2 Å². The molecule has 11 heteroatoms. The Morgan fingerprint density at radius 1 is 1.39 bits per heavy atom. The highest BCUT2D eigenvalue weighted by molar-refractivity contribution is 7.91. The minimum absolute atomic E-state index is 0.119. The van der Waals surface area contributed by atoms with Crippen molar-refractivity contribution in [2.45, 2.75) is 30.4 Å². The molecule has 2 aromatic heterocycles. The van der Waals surface area contributed by atoms with E-state index in [1.807, 2.05) is 6.92 Å². The minimum Gasteiger partial charge on any atom is -0.339 e. The lowest BCUT2D eigenvalue weighted by Crippen LogP contribution is -2.43. The highest BCUT2D eigenvalue weighted by Crippen LogP contribution is 2.32. The maximum absolute atomic E-state index is 13.2. The Morgan fingerprint density at radius 3 is 2.94 bits per heavy atom. The Bertz CT molecular complexity index is 1190. The molecule has 1 N–H and O–H groups in total. The molecule has 8 nitrogen and oxygen atoms in total. The number of amides is 1. The summed E-state index contributed by atoms with van der Waals surface area (Å²) in [6.07, 6.45) is 1.82. The Kier molecular flexibility index (Phi) is 6.42. The van der Waals surface area contributed by atoms with Gasteiger partial charge in [-0.15, -0.1) is 11.3 Å². The van der Waals surface area contributed by atoms with Crippen molar-refractivity contribution in [3.63, 3.8) is 0 Å². The molecule has 1 saturated heterocycles. The lowest BCUT2D eigenvalue weighted by molar-refractivity contribution is -0.120. The van der Waals surface area contributed by atoms with Gasteiger partial charge in [-0.25, -0.2) is 8.42 Å². The van der Waals surface area contributed by atoms with Gasteiger partial charge in [0.25, 0.3) is 10.0 Å². The van der Waals surface area contributed by atoms with Crippen molar-refractivity contribution in [3.05, 3.63) is 46.6 Å². The molecule has 4 rings (SSSR count). The number of carbonyl (C=O) groups excluding carboxylic acids is 1. The van der Waals surface area contributed by atoms with Crippen LogP contribution in [0.5, 0.6) is 0 Å². The highest BCUT2D eigenvalue weighted by atomic mass is 35.5. The molecule has 1 aliphatic heterocycles. The highest BCUT2D eigenvalue weighted by Gasteiger charge is 2.34. The summed E-state index contributed by atoms with van der Waals surface area (Å²) in [6, 6.07) is 8.52. The van der Waals surface area contributed by atoms with E-state index in [0.29, 0.717) is 53.8 Å². The van der Waals surface area contributed by atoms with Crippen molar-refractivity contribution < 1.29 is 17.7 Å². The number of nitrogens with one attached hydrogen (secondary N) is 1. The van der Waals surface area contributed by atoms with E-state index in [4.69, 9.17) is 16.1 Å². The maximum Gasteiger partial charge on any atom is 0.252 e. The van der Waals surface area contributed by atoms with Crippen molar-refractivity contribution in [1.82, 2.24) is 14.4 Å². The van der Waals surface area contributed by atoms with Crippen LogP contribution in [0, 0.1) is 5.92 Å². The normalized spacial score (nSPS) is 17.5. The van der Waals surface area contributed by atoms with E-state index < -0.39 is 15.9 Å². The molecular weight excluding hydrogens is 460 g/mol. The maximum atomic E-state index is 13.2. The molecule has 3 aromatic rings. The summed E-state index contributed by atoms with van der Waals surface area (Å²) < 4.78 is 33.1. The van der Waals surface area contributed by atoms with Crippen LogP contribution < -0.4 is 5.32 Å². The number of anilines is 1. The third-order valence-electron chi connectivity index (χ3n) is 5.08. The summed E-state index contributed by atoms with van der Waals surface area (Å²) in [7, 11) is -3.74. The van der Waals surface area contributed by atoms with Crippen LogP contribution in [0.3, 0.4) is 0 Å². The Labute approximate surface area is 189 Å². The monoisotopic (exact) mass is 480 g/mol. The number of benzene rings is 1. The number of rotatable bonds is 6. The summed E-state index contributed by atoms with van der Waals surface area (Å²) >= 11 is 7.22. The zero-order valence-corrected chi connectivity index (χ0v) is 19.1. The van der Waals surface area contributed by atoms with Gasteiger partial charge in [0.1, 0.15) is 4.21 Å². The van der Waals surface area contributed by atoms with E-state index in [9.17, 15) is 13.2 Å². The smallest absolute Gasteiger partial charge is 0.252 e. The van der Waals surface area contributed by atoms with Crippen molar-refractivity contribution in [1.29, 1.82) is 0 Å². The number of nitrogens with zero attached hydrogens (tertiary/aromatic N) is 3. The third-order valence-corrected chi connectivity index (χ3v) is 8.69. The zero-order chi connectivity index (χ0) is 22.0. The first kappa shape index (κ1) is 21.9. The number of halogens is 1. The number of hydrogen-bond donors (Lipinski definition) is 1. The van der Waals surface area contributed by atoms with Gasteiger partial charge in [0.15, 0.2) is 0 Å². The van der Waals surface area contributed by atoms with Gasteiger partial charge in [0.2, 0.25) is 17.6 Å². The van der Waals surface area contributed by atoms with E-state index in [1.165, 1.54) is 4.31 Å². The molecule has 0 spiro atoms. The number of carbonyl (C=O) groups is 1. The number of aryl methyl sites for hydroxylation is 1. The van der Waals surface area contributed by atoms with E-state index in [0.717, 1.165) is 11.3 Å². The Balaban J connectivity index is 1.48. The lowest BCUT2D eigenvalue weighted by atomic mass is 9.99. The molecule has 1 aromatic carbocycles. The summed E-state index contributed by atoms with van der Waals surface area (Å²) in [5.74, 6) is 0.168. The zero-order valence-electron chi connectivity index (χ0n) is 16.7. The summed E-state index contributed by atoms with van der Waals surface area (Å²) in [5.41, 5.74) is 1.11. The average Bonchev–Trinajstić information content (AvgIpc) is 3.45. The van der Waals surface area contributed by atoms with Gasteiger partial charge in [-0.2, -0.15) is 9.29 Å². The van der Waals surface area contributed by atoms with Gasteiger partial charge < -0.3 is 9.84 Å². The van der Waals surface area contributed by atoms with Gasteiger partial charge >= 0.3 is 0 Å². The average molecular weight is 481 g/mol. The molecule has 0 unspecified atom stereocenters. The molecule has 0 saturated carbocycles. The second-order valence-corrected chi connectivity index (χ2v) is 10.7. The first-order valence-electron chi connectivity index (χ1n) is 9.85. The van der Waals surface area contributed by atoms with Crippen molar-refractivity contribution in [2.75, 3.05) is 18.4 Å². The molecule has 1 aliphatic rings.